The number of unbranched alkanes of at least 4 members (excludes halogenated alkanes) is 1. The molecule has 0 amide bonds. The first-order valence-electron chi connectivity index (χ1n) is 10.8. The molecule has 2 rings (SSSR count). The molecule has 0 bridgehead atoms. The number of ether oxygens (including phenoxy) is 2. The second kappa shape index (κ2) is 12.4. The first-order valence-corrected chi connectivity index (χ1v) is 10.8. The van der Waals surface area contributed by atoms with E-state index in [-0.39, 0.29) is 30.2 Å². The predicted octanol–water partition coefficient (Wildman–Crippen LogP) is 4.35. The molecule has 4 atom stereocenters. The van der Waals surface area contributed by atoms with Crippen LogP contribution in [0.3, 0.4) is 0 Å². The average Bonchev–Trinajstić information content (AvgIpc) is 3.08. The largest absolute Gasteiger partial charge is 0.490 e. The molecule has 0 aromatic heterocycles. The molecule has 2 N–H and O–H groups in total. The summed E-state index contributed by atoms with van der Waals surface area (Å²) in [5.41, 5.74) is -1.23. The van der Waals surface area contributed by atoms with E-state index in [1.165, 1.54) is 24.3 Å². The third-order valence-corrected chi connectivity index (χ3v) is 5.10. The first-order chi connectivity index (χ1) is 14.8. The van der Waals surface area contributed by atoms with Gasteiger partial charge in [-0.3, -0.25) is 4.79 Å². The monoisotopic (exact) mass is 432 g/mol. The first kappa shape index (κ1) is 24.8. The Kier molecular flexibility index (Phi) is 9.95. The number of benzene rings is 1. The topological polar surface area (TPSA) is 76.0 Å². The van der Waals surface area contributed by atoms with Gasteiger partial charge in [0.2, 0.25) is 0 Å². The third kappa shape index (κ3) is 9.07. The van der Waals surface area contributed by atoms with Gasteiger partial charge in [0.15, 0.2) is 0 Å². The Labute approximate surface area is 183 Å². The molecule has 1 aliphatic rings. The van der Waals surface area contributed by atoms with Crippen LogP contribution in [0.15, 0.2) is 60.7 Å². The summed E-state index contributed by atoms with van der Waals surface area (Å²) in [6.07, 6.45) is 13.5. The zero-order valence-corrected chi connectivity index (χ0v) is 18.2. The van der Waals surface area contributed by atoms with Crippen molar-refractivity contribution < 1.29 is 28.9 Å². The number of carbonyl (C=O) groups is 1. The Morgan fingerprint density at radius 2 is 1.97 bits per heavy atom. The number of hydrogen-bond donors (Lipinski definition) is 2. The molecule has 31 heavy (non-hydrogen) atoms. The fourth-order valence-corrected chi connectivity index (χ4v) is 3.35. The van der Waals surface area contributed by atoms with Crippen molar-refractivity contribution in [2.75, 3.05) is 13.2 Å². The van der Waals surface area contributed by atoms with Crippen molar-refractivity contribution >= 4 is 5.97 Å². The SMILES string of the molecule is CCOC(=O)CCCC=CC[C@H]1C=C[C@@H](O)[C@@H]1C=CC(C)(O)COc1ccc(F)cc1. The lowest BCUT2D eigenvalue weighted by molar-refractivity contribution is -0.143. The molecule has 1 unspecified atom stereocenters. The summed E-state index contributed by atoms with van der Waals surface area (Å²) in [6.45, 7) is 3.84. The Bertz CT molecular complexity index is 767. The molecule has 0 saturated carbocycles. The molecule has 1 aliphatic carbocycles. The molecule has 0 heterocycles. The highest BCUT2D eigenvalue weighted by atomic mass is 19.1. The van der Waals surface area contributed by atoms with Gasteiger partial charge < -0.3 is 19.7 Å². The Morgan fingerprint density at radius 1 is 1.23 bits per heavy atom. The highest BCUT2D eigenvalue weighted by Gasteiger charge is 2.28. The van der Waals surface area contributed by atoms with Gasteiger partial charge in [-0.25, -0.2) is 4.39 Å². The summed E-state index contributed by atoms with van der Waals surface area (Å²) in [5, 5.41) is 20.9. The van der Waals surface area contributed by atoms with Crippen LogP contribution < -0.4 is 4.74 Å². The van der Waals surface area contributed by atoms with E-state index in [2.05, 4.69) is 6.08 Å². The van der Waals surface area contributed by atoms with Gasteiger partial charge in [0.1, 0.15) is 23.8 Å². The standard InChI is InChI=1S/C25H33FO5/c1-3-30-24(28)9-7-5-4-6-8-19-10-15-23(27)22(19)16-17-25(2,29)18-31-21-13-11-20(26)12-14-21/h4,6,10-17,19,22-23,27,29H,3,5,7-9,18H2,1-2H3/t19-,22+,23+,25?/m0/s1. The van der Waals surface area contributed by atoms with Gasteiger partial charge in [0.25, 0.3) is 0 Å². The molecule has 0 aliphatic heterocycles. The molecule has 6 heteroatoms. The summed E-state index contributed by atoms with van der Waals surface area (Å²) in [6, 6.07) is 5.62. The summed E-state index contributed by atoms with van der Waals surface area (Å²) in [7, 11) is 0. The van der Waals surface area contributed by atoms with E-state index in [1.54, 1.807) is 26.0 Å². The van der Waals surface area contributed by atoms with Crippen LogP contribution in [0, 0.1) is 17.7 Å². The van der Waals surface area contributed by atoms with E-state index in [4.69, 9.17) is 9.47 Å². The smallest absolute Gasteiger partial charge is 0.305 e. The molecule has 0 fully saturated rings. The van der Waals surface area contributed by atoms with Crippen LogP contribution >= 0.6 is 0 Å². The predicted molar refractivity (Wildman–Crippen MR) is 118 cm³/mol. The molecule has 1 aromatic carbocycles. The number of allylic oxidation sites excluding steroid dienone is 3. The summed E-state index contributed by atoms with van der Waals surface area (Å²) < 4.78 is 23.4. The van der Waals surface area contributed by atoms with Crippen molar-refractivity contribution in [3.63, 3.8) is 0 Å². The Balaban J connectivity index is 1.80. The van der Waals surface area contributed by atoms with Gasteiger partial charge in [0.05, 0.1) is 12.7 Å². The highest BCUT2D eigenvalue weighted by Crippen LogP contribution is 2.31. The molecule has 170 valence electrons. The maximum Gasteiger partial charge on any atom is 0.305 e. The van der Waals surface area contributed by atoms with Crippen molar-refractivity contribution in [1.29, 1.82) is 0 Å². The fraction of sp³-hybridized carbons (Fsp3) is 0.480. The van der Waals surface area contributed by atoms with Crippen LogP contribution in [-0.2, 0) is 9.53 Å². The van der Waals surface area contributed by atoms with E-state index >= 15 is 0 Å². The Hall–Kier alpha value is -2.44. The highest BCUT2D eigenvalue weighted by molar-refractivity contribution is 5.69. The quantitative estimate of drug-likeness (QED) is 0.292. The third-order valence-electron chi connectivity index (χ3n) is 5.10. The van der Waals surface area contributed by atoms with Crippen molar-refractivity contribution in [2.24, 2.45) is 11.8 Å². The summed E-state index contributed by atoms with van der Waals surface area (Å²) >= 11 is 0. The number of halogens is 1. The summed E-state index contributed by atoms with van der Waals surface area (Å²) in [4.78, 5) is 11.3. The van der Waals surface area contributed by atoms with Crippen LogP contribution in [0.2, 0.25) is 0 Å². The Morgan fingerprint density at radius 3 is 2.68 bits per heavy atom. The maximum absolute atomic E-state index is 13.0. The lowest BCUT2D eigenvalue weighted by atomic mass is 9.89. The zero-order chi connectivity index (χ0) is 22.7. The second-order valence-corrected chi connectivity index (χ2v) is 7.98. The lowest BCUT2D eigenvalue weighted by Crippen LogP contribution is -2.30. The average molecular weight is 433 g/mol. The number of aliphatic hydroxyl groups excluding tert-OH is 1. The second-order valence-electron chi connectivity index (χ2n) is 7.98. The van der Waals surface area contributed by atoms with E-state index < -0.39 is 11.7 Å². The number of hydrogen-bond acceptors (Lipinski definition) is 5. The molecule has 5 nitrogen and oxygen atoms in total. The lowest BCUT2D eigenvalue weighted by Gasteiger charge is -2.23. The van der Waals surface area contributed by atoms with Gasteiger partial charge >= 0.3 is 5.97 Å². The van der Waals surface area contributed by atoms with Gasteiger partial charge in [0, 0.05) is 12.3 Å². The van der Waals surface area contributed by atoms with Crippen molar-refractivity contribution in [3.8, 4) is 5.75 Å². The summed E-state index contributed by atoms with van der Waals surface area (Å²) in [5.74, 6) is -0.0503. The van der Waals surface area contributed by atoms with Crippen LogP contribution in [-0.4, -0.2) is 41.1 Å². The van der Waals surface area contributed by atoms with Crippen molar-refractivity contribution in [2.45, 2.75) is 51.2 Å². The van der Waals surface area contributed by atoms with Crippen LogP contribution in [0.5, 0.6) is 5.75 Å². The van der Waals surface area contributed by atoms with Gasteiger partial charge in [-0.15, -0.1) is 0 Å². The molecule has 0 radical (unpaired) electrons. The van der Waals surface area contributed by atoms with E-state index in [9.17, 15) is 19.4 Å². The van der Waals surface area contributed by atoms with Crippen molar-refractivity contribution in [3.05, 3.63) is 66.5 Å². The zero-order valence-electron chi connectivity index (χ0n) is 18.2. The van der Waals surface area contributed by atoms with Gasteiger partial charge in [-0.2, -0.15) is 0 Å². The van der Waals surface area contributed by atoms with Crippen LogP contribution in [0.25, 0.3) is 0 Å². The van der Waals surface area contributed by atoms with Gasteiger partial charge in [-0.1, -0.05) is 36.5 Å². The molecular formula is C25H33FO5. The molecule has 0 saturated heterocycles. The maximum atomic E-state index is 13.0. The van der Waals surface area contributed by atoms with E-state index in [1.807, 2.05) is 18.2 Å². The fourth-order valence-electron chi connectivity index (χ4n) is 3.35. The minimum atomic E-state index is -1.23. The molecule has 0 spiro atoms. The van der Waals surface area contributed by atoms with E-state index in [0.717, 1.165) is 19.3 Å². The van der Waals surface area contributed by atoms with Crippen LogP contribution in [0.4, 0.5) is 4.39 Å². The molecular weight excluding hydrogens is 399 g/mol. The number of carbonyl (C=O) groups excluding carboxylic acids is 1. The van der Waals surface area contributed by atoms with Gasteiger partial charge in [-0.05, 0) is 63.3 Å². The number of rotatable bonds is 12. The number of aliphatic hydroxyl groups is 2. The number of esters is 1. The normalized spacial score (nSPS) is 22.8. The van der Waals surface area contributed by atoms with Crippen molar-refractivity contribution in [1.82, 2.24) is 0 Å². The molecule has 1 aromatic rings. The van der Waals surface area contributed by atoms with Crippen LogP contribution in [0.1, 0.15) is 39.5 Å². The minimum absolute atomic E-state index is 0.0103. The minimum Gasteiger partial charge on any atom is -0.490 e. The van der Waals surface area contributed by atoms with E-state index in [0.29, 0.717) is 18.8 Å².